The molecular weight excluding hydrogens is 334 g/mol. The van der Waals surface area contributed by atoms with Crippen LogP contribution in [-0.4, -0.2) is 31.9 Å². The molecule has 1 aliphatic rings. The fourth-order valence-corrected chi connectivity index (χ4v) is 3.58. The van der Waals surface area contributed by atoms with Gasteiger partial charge in [-0.25, -0.2) is 8.42 Å². The summed E-state index contributed by atoms with van der Waals surface area (Å²) in [4.78, 5) is 15.6. The summed E-state index contributed by atoms with van der Waals surface area (Å²) in [6.45, 7) is 0.593. The maximum atomic E-state index is 12.2. The van der Waals surface area contributed by atoms with E-state index >= 15 is 0 Å². The summed E-state index contributed by atoms with van der Waals surface area (Å²) >= 11 is 3.17. The van der Waals surface area contributed by atoms with Gasteiger partial charge in [0, 0.05) is 23.4 Å². The van der Waals surface area contributed by atoms with E-state index in [1.165, 1.54) is 18.5 Å². The molecule has 1 fully saturated rings. The van der Waals surface area contributed by atoms with Gasteiger partial charge < -0.3 is 5.32 Å². The van der Waals surface area contributed by atoms with Crippen LogP contribution in [-0.2, 0) is 14.8 Å². The number of hydrogen-bond acceptors (Lipinski definition) is 4. The average Bonchev–Trinajstić information content (AvgIpc) is 2.55. The third-order valence-corrected chi connectivity index (χ3v) is 4.70. The molecule has 0 bridgehead atoms. The van der Waals surface area contributed by atoms with E-state index < -0.39 is 16.1 Å². The van der Waals surface area contributed by atoms with Crippen molar-refractivity contribution < 1.29 is 13.2 Å². The van der Waals surface area contributed by atoms with E-state index in [9.17, 15) is 13.2 Å². The molecule has 0 spiro atoms. The largest absolute Gasteiger partial charge is 0.355 e. The highest BCUT2D eigenvalue weighted by Crippen LogP contribution is 2.15. The van der Waals surface area contributed by atoms with Gasteiger partial charge in [-0.05, 0) is 41.3 Å². The molecule has 1 atom stereocenters. The number of rotatable bonds is 3. The Kier molecular flexibility index (Phi) is 4.54. The summed E-state index contributed by atoms with van der Waals surface area (Å²) in [5, 5.41) is 2.69. The van der Waals surface area contributed by atoms with Gasteiger partial charge in [0.1, 0.15) is 10.9 Å². The van der Waals surface area contributed by atoms with Crippen molar-refractivity contribution in [3.8, 4) is 0 Å². The number of aromatic nitrogens is 1. The summed E-state index contributed by atoms with van der Waals surface area (Å²) in [5.41, 5.74) is 0. The van der Waals surface area contributed by atoms with Gasteiger partial charge in [-0.1, -0.05) is 0 Å². The van der Waals surface area contributed by atoms with Crippen LogP contribution in [0.5, 0.6) is 0 Å². The Morgan fingerprint density at radius 2 is 2.16 bits per heavy atom. The van der Waals surface area contributed by atoms with Gasteiger partial charge in [-0.3, -0.25) is 9.78 Å². The predicted molar refractivity (Wildman–Crippen MR) is 72.9 cm³/mol. The number of halogens is 1. The van der Waals surface area contributed by atoms with Gasteiger partial charge >= 0.3 is 0 Å². The topological polar surface area (TPSA) is 88.2 Å². The molecule has 104 valence electrons. The van der Waals surface area contributed by atoms with Crippen LogP contribution in [0.25, 0.3) is 0 Å². The van der Waals surface area contributed by atoms with E-state index in [2.05, 4.69) is 31.0 Å². The van der Waals surface area contributed by atoms with Crippen molar-refractivity contribution in [3.63, 3.8) is 0 Å². The van der Waals surface area contributed by atoms with Crippen molar-refractivity contribution in [2.75, 3.05) is 6.54 Å². The molecule has 2 N–H and O–H groups in total. The first-order chi connectivity index (χ1) is 8.99. The molecule has 1 amide bonds. The van der Waals surface area contributed by atoms with E-state index in [-0.39, 0.29) is 10.8 Å². The minimum atomic E-state index is -3.73. The first kappa shape index (κ1) is 14.4. The number of pyridine rings is 1. The lowest BCUT2D eigenvalue weighted by Crippen LogP contribution is -2.45. The van der Waals surface area contributed by atoms with Crippen molar-refractivity contribution >= 4 is 31.9 Å². The van der Waals surface area contributed by atoms with Gasteiger partial charge in [0.15, 0.2) is 0 Å². The molecule has 1 saturated heterocycles. The van der Waals surface area contributed by atoms with Crippen LogP contribution in [0, 0.1) is 0 Å². The standard InChI is InChI=1S/C11H14BrN3O3S/c12-8-5-9(7-13-6-8)19(17,18)15-10-3-1-2-4-14-11(10)16/h5-7,10,15H,1-4H2,(H,14,16). The van der Waals surface area contributed by atoms with Crippen molar-refractivity contribution in [1.29, 1.82) is 0 Å². The Hall–Kier alpha value is -0.990. The van der Waals surface area contributed by atoms with E-state index in [0.717, 1.165) is 12.8 Å². The summed E-state index contributed by atoms with van der Waals surface area (Å²) in [7, 11) is -3.73. The van der Waals surface area contributed by atoms with Crippen LogP contribution in [0.4, 0.5) is 0 Å². The number of carbonyl (C=O) groups is 1. The number of nitrogens with zero attached hydrogens (tertiary/aromatic N) is 1. The highest BCUT2D eigenvalue weighted by atomic mass is 79.9. The second-order valence-corrected chi connectivity index (χ2v) is 6.93. The lowest BCUT2D eigenvalue weighted by atomic mass is 10.1. The first-order valence-electron chi connectivity index (χ1n) is 5.89. The Bertz CT molecular complexity index is 576. The molecule has 1 aliphatic heterocycles. The molecule has 1 aromatic heterocycles. The second kappa shape index (κ2) is 5.98. The Labute approximate surface area is 120 Å². The van der Waals surface area contributed by atoms with Crippen molar-refractivity contribution in [2.45, 2.75) is 30.2 Å². The van der Waals surface area contributed by atoms with Crippen molar-refractivity contribution in [3.05, 3.63) is 22.9 Å². The molecule has 6 nitrogen and oxygen atoms in total. The normalized spacial score (nSPS) is 20.7. The van der Waals surface area contributed by atoms with E-state index in [4.69, 9.17) is 0 Å². The number of hydrogen-bond donors (Lipinski definition) is 2. The lowest BCUT2D eigenvalue weighted by molar-refractivity contribution is -0.122. The molecule has 0 aromatic carbocycles. The fourth-order valence-electron chi connectivity index (χ4n) is 1.85. The number of amides is 1. The summed E-state index contributed by atoms with van der Waals surface area (Å²) in [6.07, 6.45) is 4.93. The van der Waals surface area contributed by atoms with Crippen LogP contribution in [0.15, 0.2) is 27.8 Å². The van der Waals surface area contributed by atoms with Crippen LogP contribution >= 0.6 is 15.9 Å². The fraction of sp³-hybridized carbons (Fsp3) is 0.455. The zero-order chi connectivity index (χ0) is 13.9. The smallest absolute Gasteiger partial charge is 0.242 e. The zero-order valence-electron chi connectivity index (χ0n) is 10.1. The van der Waals surface area contributed by atoms with Gasteiger partial charge in [0.05, 0.1) is 0 Å². The van der Waals surface area contributed by atoms with Crippen LogP contribution in [0.3, 0.4) is 0 Å². The molecule has 2 heterocycles. The molecule has 2 rings (SSSR count). The van der Waals surface area contributed by atoms with Gasteiger partial charge in [0.2, 0.25) is 15.9 Å². The van der Waals surface area contributed by atoms with Gasteiger partial charge in [0.25, 0.3) is 0 Å². The molecule has 19 heavy (non-hydrogen) atoms. The van der Waals surface area contributed by atoms with Gasteiger partial charge in [-0.15, -0.1) is 0 Å². The van der Waals surface area contributed by atoms with E-state index in [1.807, 2.05) is 0 Å². The highest BCUT2D eigenvalue weighted by molar-refractivity contribution is 9.10. The third-order valence-electron chi connectivity index (χ3n) is 2.82. The average molecular weight is 348 g/mol. The maximum absolute atomic E-state index is 12.2. The lowest BCUT2D eigenvalue weighted by Gasteiger charge is -2.15. The van der Waals surface area contributed by atoms with Crippen LogP contribution in [0.2, 0.25) is 0 Å². The Morgan fingerprint density at radius 1 is 1.37 bits per heavy atom. The number of nitrogens with one attached hydrogen (secondary N) is 2. The van der Waals surface area contributed by atoms with Crippen LogP contribution in [0.1, 0.15) is 19.3 Å². The monoisotopic (exact) mass is 347 g/mol. The maximum Gasteiger partial charge on any atom is 0.242 e. The molecule has 0 aliphatic carbocycles. The van der Waals surface area contributed by atoms with E-state index in [0.29, 0.717) is 17.4 Å². The van der Waals surface area contributed by atoms with Gasteiger partial charge in [-0.2, -0.15) is 4.72 Å². The molecule has 0 saturated carbocycles. The molecule has 0 radical (unpaired) electrons. The minimum Gasteiger partial charge on any atom is -0.355 e. The molecule has 1 unspecified atom stereocenters. The summed E-state index contributed by atoms with van der Waals surface area (Å²) in [5.74, 6) is -0.274. The number of carbonyl (C=O) groups excluding carboxylic acids is 1. The Balaban J connectivity index is 2.18. The predicted octanol–water partition coefficient (Wildman–Crippen LogP) is 0.791. The Morgan fingerprint density at radius 3 is 2.89 bits per heavy atom. The molecule has 1 aromatic rings. The number of sulfonamides is 1. The SMILES string of the molecule is O=C1NCCCCC1NS(=O)(=O)c1cncc(Br)c1. The summed E-state index contributed by atoms with van der Waals surface area (Å²) < 4.78 is 27.3. The first-order valence-corrected chi connectivity index (χ1v) is 8.17. The quantitative estimate of drug-likeness (QED) is 0.846. The minimum absolute atomic E-state index is 0.0407. The zero-order valence-corrected chi connectivity index (χ0v) is 12.5. The summed E-state index contributed by atoms with van der Waals surface area (Å²) in [6, 6.07) is 0.732. The van der Waals surface area contributed by atoms with Crippen molar-refractivity contribution in [1.82, 2.24) is 15.0 Å². The van der Waals surface area contributed by atoms with Crippen LogP contribution < -0.4 is 10.0 Å². The molecular formula is C11H14BrN3O3S. The van der Waals surface area contributed by atoms with E-state index in [1.54, 1.807) is 0 Å². The third kappa shape index (κ3) is 3.74. The molecule has 8 heteroatoms. The van der Waals surface area contributed by atoms with Crippen molar-refractivity contribution in [2.24, 2.45) is 0 Å². The highest BCUT2D eigenvalue weighted by Gasteiger charge is 2.26. The second-order valence-electron chi connectivity index (χ2n) is 4.30.